The van der Waals surface area contributed by atoms with Gasteiger partial charge in [-0.05, 0) is 39.8 Å². The predicted octanol–water partition coefficient (Wildman–Crippen LogP) is 1.69. The highest BCUT2D eigenvalue weighted by Crippen LogP contribution is 2.22. The minimum atomic E-state index is -0.999. The number of nitrogens with zero attached hydrogens (tertiary/aromatic N) is 3. The van der Waals surface area contributed by atoms with Crippen molar-refractivity contribution in [3.8, 4) is 5.69 Å². The summed E-state index contributed by atoms with van der Waals surface area (Å²) in [6.45, 7) is 6.16. The number of hydrogen-bond acceptors (Lipinski definition) is 6. The second kappa shape index (κ2) is 8.58. The van der Waals surface area contributed by atoms with Crippen LogP contribution < -0.4 is 10.6 Å². The zero-order valence-electron chi connectivity index (χ0n) is 17.9. The number of carbonyl (C=O) groups excluding carboxylic acids is 4. The molecule has 10 heteroatoms. The number of benzene rings is 1. The van der Waals surface area contributed by atoms with E-state index in [1.54, 1.807) is 25.5 Å². The Kier molecular flexibility index (Phi) is 6.09. The molecule has 2 heterocycles. The molecule has 31 heavy (non-hydrogen) atoms. The number of aryl methyl sites for hydroxylation is 1. The zero-order chi connectivity index (χ0) is 22.8. The number of rotatable bonds is 7. The maximum atomic E-state index is 12.3. The van der Waals surface area contributed by atoms with Gasteiger partial charge >= 0.3 is 12.0 Å². The molecule has 1 aromatic heterocycles. The van der Waals surface area contributed by atoms with Gasteiger partial charge in [-0.15, -0.1) is 0 Å². The van der Waals surface area contributed by atoms with Crippen molar-refractivity contribution in [1.29, 1.82) is 0 Å². The first kappa shape index (κ1) is 22.0. The molecule has 0 radical (unpaired) electrons. The summed E-state index contributed by atoms with van der Waals surface area (Å²) in [6.07, 6.45) is -0.202. The molecule has 4 amide bonds. The summed E-state index contributed by atoms with van der Waals surface area (Å²) in [7, 11) is 0. The third kappa shape index (κ3) is 4.73. The smallest absolute Gasteiger partial charge is 0.325 e. The summed E-state index contributed by atoms with van der Waals surface area (Å²) in [6, 6.07) is 8.94. The number of carbonyl (C=O) groups is 4. The Hall–Kier alpha value is -3.69. The standard InChI is InChI=1S/C21H25N5O5/c1-13-18(14(2)26(24-13)15-8-6-5-7-9-15)22-16(27)12-31-17(28)10-11-25-19(29)21(3,4)23-20(25)30/h5-9H,10-12H2,1-4H3,(H,22,27)(H,23,30). The lowest BCUT2D eigenvalue weighted by atomic mass is 10.1. The molecule has 1 fully saturated rings. The molecule has 164 valence electrons. The van der Waals surface area contributed by atoms with Crippen LogP contribution in [0, 0.1) is 13.8 Å². The molecule has 0 spiro atoms. The molecule has 1 aliphatic rings. The molecule has 3 rings (SSSR count). The molecule has 1 aromatic carbocycles. The van der Waals surface area contributed by atoms with Gasteiger partial charge in [0.05, 0.1) is 29.2 Å². The number of para-hydroxylation sites is 1. The summed E-state index contributed by atoms with van der Waals surface area (Å²) in [4.78, 5) is 49.1. The quantitative estimate of drug-likeness (QED) is 0.512. The molecular formula is C21H25N5O5. The van der Waals surface area contributed by atoms with E-state index in [0.717, 1.165) is 16.3 Å². The fraction of sp³-hybridized carbons (Fsp3) is 0.381. The average Bonchev–Trinajstić information content (AvgIpc) is 3.11. The minimum Gasteiger partial charge on any atom is -0.456 e. The Morgan fingerprint density at radius 3 is 2.45 bits per heavy atom. The predicted molar refractivity (Wildman–Crippen MR) is 112 cm³/mol. The number of esters is 1. The van der Waals surface area contributed by atoms with E-state index in [4.69, 9.17) is 4.74 Å². The fourth-order valence-electron chi connectivity index (χ4n) is 3.26. The van der Waals surface area contributed by atoms with Gasteiger partial charge in [0.15, 0.2) is 6.61 Å². The normalized spacial score (nSPS) is 15.0. The van der Waals surface area contributed by atoms with Crippen LogP contribution in [-0.2, 0) is 19.1 Å². The molecule has 2 N–H and O–H groups in total. The molecule has 0 aliphatic carbocycles. The Balaban J connectivity index is 1.52. The number of imide groups is 1. The topological polar surface area (TPSA) is 123 Å². The first-order chi connectivity index (χ1) is 14.6. The lowest BCUT2D eigenvalue weighted by Crippen LogP contribution is -2.40. The highest BCUT2D eigenvalue weighted by molar-refractivity contribution is 6.06. The minimum absolute atomic E-state index is 0.114. The SMILES string of the molecule is Cc1nn(-c2ccccc2)c(C)c1NC(=O)COC(=O)CCN1C(=O)NC(C)(C)C1=O. The van der Waals surface area contributed by atoms with Crippen LogP contribution in [0.1, 0.15) is 31.7 Å². The van der Waals surface area contributed by atoms with Crippen LogP contribution in [0.3, 0.4) is 0 Å². The number of hydrogen-bond donors (Lipinski definition) is 2. The van der Waals surface area contributed by atoms with E-state index in [9.17, 15) is 19.2 Å². The number of nitrogens with one attached hydrogen (secondary N) is 2. The largest absolute Gasteiger partial charge is 0.456 e. The average molecular weight is 427 g/mol. The Morgan fingerprint density at radius 1 is 1.16 bits per heavy atom. The summed E-state index contributed by atoms with van der Waals surface area (Å²) in [5.41, 5.74) is 1.78. The van der Waals surface area contributed by atoms with E-state index in [2.05, 4.69) is 15.7 Å². The third-order valence-corrected chi connectivity index (χ3v) is 4.90. The van der Waals surface area contributed by atoms with E-state index in [1.807, 2.05) is 37.3 Å². The van der Waals surface area contributed by atoms with Gasteiger partial charge in [-0.25, -0.2) is 9.48 Å². The highest BCUT2D eigenvalue weighted by Gasteiger charge is 2.44. The molecule has 1 aliphatic heterocycles. The van der Waals surface area contributed by atoms with E-state index >= 15 is 0 Å². The van der Waals surface area contributed by atoms with Crippen molar-refractivity contribution >= 4 is 29.5 Å². The van der Waals surface area contributed by atoms with Crippen LogP contribution in [-0.4, -0.2) is 57.2 Å². The fourth-order valence-corrected chi connectivity index (χ4v) is 3.26. The molecule has 1 saturated heterocycles. The lowest BCUT2D eigenvalue weighted by Gasteiger charge is -2.15. The molecule has 0 unspecified atom stereocenters. The van der Waals surface area contributed by atoms with Crippen molar-refractivity contribution in [3.63, 3.8) is 0 Å². The van der Waals surface area contributed by atoms with E-state index in [0.29, 0.717) is 11.4 Å². The summed E-state index contributed by atoms with van der Waals surface area (Å²) < 4.78 is 6.70. The van der Waals surface area contributed by atoms with Crippen molar-refractivity contribution in [1.82, 2.24) is 20.0 Å². The maximum absolute atomic E-state index is 12.3. The molecule has 2 aromatic rings. The van der Waals surface area contributed by atoms with Gasteiger partial charge in [0.25, 0.3) is 11.8 Å². The Labute approximate surface area is 179 Å². The molecule has 10 nitrogen and oxygen atoms in total. The number of urea groups is 1. The van der Waals surface area contributed by atoms with Gasteiger partial charge in [0, 0.05) is 6.54 Å². The molecule has 0 bridgehead atoms. The van der Waals surface area contributed by atoms with Gasteiger partial charge in [-0.3, -0.25) is 19.3 Å². The van der Waals surface area contributed by atoms with Crippen LogP contribution in [0.2, 0.25) is 0 Å². The van der Waals surface area contributed by atoms with Gasteiger partial charge in [0.1, 0.15) is 5.54 Å². The van der Waals surface area contributed by atoms with E-state index < -0.39 is 36.0 Å². The molecule has 0 saturated carbocycles. The van der Waals surface area contributed by atoms with E-state index in [1.165, 1.54) is 0 Å². The highest BCUT2D eigenvalue weighted by atomic mass is 16.5. The Bertz CT molecular complexity index is 1030. The van der Waals surface area contributed by atoms with Gasteiger partial charge in [-0.2, -0.15) is 5.10 Å². The lowest BCUT2D eigenvalue weighted by molar-refractivity contribution is -0.147. The number of anilines is 1. The van der Waals surface area contributed by atoms with Crippen molar-refractivity contribution < 1.29 is 23.9 Å². The van der Waals surface area contributed by atoms with Crippen LogP contribution in [0.4, 0.5) is 10.5 Å². The first-order valence-corrected chi connectivity index (χ1v) is 9.81. The van der Waals surface area contributed by atoms with Gasteiger partial charge in [-0.1, -0.05) is 18.2 Å². The Morgan fingerprint density at radius 2 is 1.84 bits per heavy atom. The number of amides is 4. The summed E-state index contributed by atoms with van der Waals surface area (Å²) in [5.74, 6) is -1.61. The van der Waals surface area contributed by atoms with Gasteiger partial charge in [0.2, 0.25) is 0 Å². The van der Waals surface area contributed by atoms with Crippen molar-refractivity contribution in [2.45, 2.75) is 39.7 Å². The third-order valence-electron chi connectivity index (χ3n) is 4.90. The summed E-state index contributed by atoms with van der Waals surface area (Å²) in [5, 5.41) is 9.70. The van der Waals surface area contributed by atoms with Crippen LogP contribution in [0.15, 0.2) is 30.3 Å². The van der Waals surface area contributed by atoms with Crippen molar-refractivity contribution in [2.75, 3.05) is 18.5 Å². The van der Waals surface area contributed by atoms with Crippen LogP contribution in [0.25, 0.3) is 5.69 Å². The van der Waals surface area contributed by atoms with E-state index in [-0.39, 0.29) is 13.0 Å². The molecular weight excluding hydrogens is 402 g/mol. The maximum Gasteiger partial charge on any atom is 0.325 e. The second-order valence-electron chi connectivity index (χ2n) is 7.76. The summed E-state index contributed by atoms with van der Waals surface area (Å²) >= 11 is 0. The zero-order valence-corrected chi connectivity index (χ0v) is 17.9. The van der Waals surface area contributed by atoms with Crippen LogP contribution in [0.5, 0.6) is 0 Å². The second-order valence-corrected chi connectivity index (χ2v) is 7.76. The van der Waals surface area contributed by atoms with Crippen molar-refractivity contribution in [2.24, 2.45) is 0 Å². The van der Waals surface area contributed by atoms with Gasteiger partial charge < -0.3 is 15.4 Å². The number of ether oxygens (including phenoxy) is 1. The number of aromatic nitrogens is 2. The molecule has 0 atom stereocenters. The van der Waals surface area contributed by atoms with Crippen molar-refractivity contribution in [3.05, 3.63) is 41.7 Å². The first-order valence-electron chi connectivity index (χ1n) is 9.81. The van der Waals surface area contributed by atoms with Crippen LogP contribution >= 0.6 is 0 Å². The monoisotopic (exact) mass is 427 g/mol.